The van der Waals surface area contributed by atoms with Crippen LogP contribution in [-0.4, -0.2) is 27.4 Å². The fraction of sp³-hybridized carbons (Fsp3) is 0.250. The van der Waals surface area contributed by atoms with Crippen LogP contribution in [0.2, 0.25) is 0 Å². The fourth-order valence-electron chi connectivity index (χ4n) is 2.95. The summed E-state index contributed by atoms with van der Waals surface area (Å²) < 4.78 is 18.6. The number of carbonyl (C=O) groups is 2. The van der Waals surface area contributed by atoms with Gasteiger partial charge in [0.15, 0.2) is 11.6 Å². The van der Waals surface area contributed by atoms with Gasteiger partial charge in [-0.2, -0.15) is 0 Å². The molecular formula is C24H25FN4O3. The van der Waals surface area contributed by atoms with E-state index in [2.05, 4.69) is 15.3 Å². The molecule has 7 nitrogen and oxygen atoms in total. The molecular weight excluding hydrogens is 411 g/mol. The predicted octanol–water partition coefficient (Wildman–Crippen LogP) is 4.19. The van der Waals surface area contributed by atoms with Crippen LogP contribution >= 0.6 is 0 Å². The molecule has 1 unspecified atom stereocenters. The summed E-state index contributed by atoms with van der Waals surface area (Å²) in [5, 5.41) is 2.67. The van der Waals surface area contributed by atoms with Crippen molar-refractivity contribution in [3.63, 3.8) is 0 Å². The summed E-state index contributed by atoms with van der Waals surface area (Å²) in [6.45, 7) is 5.58. The van der Waals surface area contributed by atoms with Gasteiger partial charge in [-0.15, -0.1) is 0 Å². The maximum Gasteiger partial charge on any atom is 0.407 e. The Bertz CT molecular complexity index is 1110. The second-order valence-electron chi connectivity index (χ2n) is 8.25. The van der Waals surface area contributed by atoms with Gasteiger partial charge in [0.1, 0.15) is 11.4 Å². The molecule has 0 saturated heterocycles. The van der Waals surface area contributed by atoms with E-state index >= 15 is 0 Å². The Morgan fingerprint density at radius 3 is 2.44 bits per heavy atom. The number of benzene rings is 2. The van der Waals surface area contributed by atoms with E-state index in [9.17, 15) is 14.0 Å². The minimum atomic E-state index is -0.930. The van der Waals surface area contributed by atoms with Crippen molar-refractivity contribution in [2.24, 2.45) is 5.73 Å². The van der Waals surface area contributed by atoms with Crippen molar-refractivity contribution in [1.29, 1.82) is 0 Å². The molecule has 3 rings (SSSR count). The molecule has 3 aromatic rings. The van der Waals surface area contributed by atoms with Gasteiger partial charge in [0.2, 0.25) is 0 Å². The highest BCUT2D eigenvalue weighted by molar-refractivity contribution is 6.00. The molecule has 166 valence electrons. The Kier molecular flexibility index (Phi) is 6.95. The van der Waals surface area contributed by atoms with Gasteiger partial charge in [-0.3, -0.25) is 4.79 Å². The molecule has 0 aliphatic heterocycles. The van der Waals surface area contributed by atoms with Crippen molar-refractivity contribution in [2.45, 2.75) is 39.0 Å². The van der Waals surface area contributed by atoms with Crippen molar-refractivity contribution in [3.05, 3.63) is 83.4 Å². The van der Waals surface area contributed by atoms with Gasteiger partial charge in [-0.1, -0.05) is 36.4 Å². The van der Waals surface area contributed by atoms with Gasteiger partial charge >= 0.3 is 6.09 Å². The number of amides is 1. The van der Waals surface area contributed by atoms with E-state index in [1.54, 1.807) is 51.1 Å². The van der Waals surface area contributed by atoms with E-state index in [-0.39, 0.29) is 17.9 Å². The first-order valence-corrected chi connectivity index (χ1v) is 10.1. The predicted molar refractivity (Wildman–Crippen MR) is 118 cm³/mol. The highest BCUT2D eigenvalue weighted by Crippen LogP contribution is 2.20. The minimum absolute atomic E-state index is 0.231. The first-order valence-electron chi connectivity index (χ1n) is 10.1. The molecule has 2 aromatic carbocycles. The third kappa shape index (κ3) is 6.18. The average molecular weight is 436 g/mol. The van der Waals surface area contributed by atoms with E-state index in [4.69, 9.17) is 10.5 Å². The maximum absolute atomic E-state index is 13.4. The number of halogens is 1. The van der Waals surface area contributed by atoms with Crippen LogP contribution in [-0.2, 0) is 11.3 Å². The third-order valence-electron chi connectivity index (χ3n) is 4.45. The molecule has 1 aromatic heterocycles. The van der Waals surface area contributed by atoms with E-state index in [0.717, 1.165) is 5.56 Å². The van der Waals surface area contributed by atoms with Crippen LogP contribution in [0.5, 0.6) is 0 Å². The molecule has 0 fully saturated rings. The summed E-state index contributed by atoms with van der Waals surface area (Å²) in [5.74, 6) is -0.438. The third-order valence-corrected chi connectivity index (χ3v) is 4.45. The van der Waals surface area contributed by atoms with Gasteiger partial charge in [0.05, 0.1) is 11.6 Å². The zero-order valence-electron chi connectivity index (χ0n) is 18.1. The number of alkyl carbamates (subject to hydrolysis) is 1. The van der Waals surface area contributed by atoms with Crippen LogP contribution in [0.4, 0.5) is 9.18 Å². The van der Waals surface area contributed by atoms with Crippen molar-refractivity contribution >= 4 is 11.9 Å². The number of carbonyl (C=O) groups excluding carboxylic acids is 2. The summed E-state index contributed by atoms with van der Waals surface area (Å²) in [7, 11) is 0. The van der Waals surface area contributed by atoms with Gasteiger partial charge in [0, 0.05) is 24.5 Å². The number of rotatable bonds is 6. The second kappa shape index (κ2) is 9.65. The lowest BCUT2D eigenvalue weighted by Crippen LogP contribution is -2.32. The Hall–Kier alpha value is -3.65. The number of nitrogens with zero attached hydrogens (tertiary/aromatic N) is 2. The summed E-state index contributed by atoms with van der Waals surface area (Å²) >= 11 is 0. The summed E-state index contributed by atoms with van der Waals surface area (Å²) in [5.41, 5.74) is 7.71. The number of ketones is 1. The Labute approximate surface area is 185 Å². The minimum Gasteiger partial charge on any atom is -0.444 e. The van der Waals surface area contributed by atoms with Crippen molar-refractivity contribution in [3.8, 4) is 11.4 Å². The lowest BCUT2D eigenvalue weighted by atomic mass is 9.98. The number of hydrogen-bond acceptors (Lipinski definition) is 6. The number of Topliss-reactive ketones (excluding diaryl/α,β-unsaturated/α-hetero) is 1. The first kappa shape index (κ1) is 23.0. The highest BCUT2D eigenvalue weighted by Gasteiger charge is 2.20. The van der Waals surface area contributed by atoms with Crippen LogP contribution in [0.1, 0.15) is 48.3 Å². The van der Waals surface area contributed by atoms with Crippen LogP contribution < -0.4 is 11.1 Å². The number of hydrogen-bond donors (Lipinski definition) is 2. The topological polar surface area (TPSA) is 107 Å². The quantitative estimate of drug-likeness (QED) is 0.561. The molecule has 0 saturated carbocycles. The number of aromatic nitrogens is 2. The molecule has 0 aliphatic rings. The molecule has 0 bridgehead atoms. The van der Waals surface area contributed by atoms with E-state index in [1.807, 2.05) is 6.07 Å². The molecule has 0 aliphatic carbocycles. The van der Waals surface area contributed by atoms with Crippen molar-refractivity contribution in [2.75, 3.05) is 0 Å². The summed E-state index contributed by atoms with van der Waals surface area (Å²) in [6, 6.07) is 12.0. The monoisotopic (exact) mass is 436 g/mol. The molecule has 0 radical (unpaired) electrons. The number of nitrogens with one attached hydrogen (secondary N) is 1. The summed E-state index contributed by atoms with van der Waals surface area (Å²) in [6.07, 6.45) is 2.23. The van der Waals surface area contributed by atoms with Crippen molar-refractivity contribution < 1.29 is 18.7 Å². The lowest BCUT2D eigenvalue weighted by Gasteiger charge is -2.19. The molecule has 32 heavy (non-hydrogen) atoms. The van der Waals surface area contributed by atoms with Crippen LogP contribution in [0.3, 0.4) is 0 Å². The standard InChI is InChI=1S/C24H25FN4O3/c1-24(2,3)32-23(31)29-12-15-6-4-7-16(10-15)20(26)21(30)18-13-27-22(28-14-18)17-8-5-9-19(25)11-17/h4-11,13-14,20H,12,26H2,1-3H3,(H,29,31). The maximum atomic E-state index is 13.4. The SMILES string of the molecule is CC(C)(C)OC(=O)NCc1cccc(C(N)C(=O)c2cnc(-c3cccc(F)c3)nc2)c1. The average Bonchev–Trinajstić information content (AvgIpc) is 2.76. The van der Waals surface area contributed by atoms with Crippen LogP contribution in [0.15, 0.2) is 60.9 Å². The fourth-order valence-corrected chi connectivity index (χ4v) is 2.95. The Morgan fingerprint density at radius 1 is 1.09 bits per heavy atom. The molecule has 3 N–H and O–H groups in total. The van der Waals surface area contributed by atoms with Crippen molar-refractivity contribution in [1.82, 2.24) is 15.3 Å². The van der Waals surface area contributed by atoms with Gasteiger partial charge in [-0.25, -0.2) is 19.2 Å². The molecule has 1 amide bonds. The first-order chi connectivity index (χ1) is 15.1. The highest BCUT2D eigenvalue weighted by atomic mass is 19.1. The number of ether oxygens (including phenoxy) is 1. The summed E-state index contributed by atoms with van der Waals surface area (Å²) in [4.78, 5) is 33.0. The zero-order chi connectivity index (χ0) is 23.3. The second-order valence-corrected chi connectivity index (χ2v) is 8.25. The van der Waals surface area contributed by atoms with Crippen LogP contribution in [0, 0.1) is 5.82 Å². The van der Waals surface area contributed by atoms with Crippen LogP contribution in [0.25, 0.3) is 11.4 Å². The smallest absolute Gasteiger partial charge is 0.407 e. The van der Waals surface area contributed by atoms with Gasteiger partial charge in [-0.05, 0) is 44.0 Å². The molecule has 0 spiro atoms. The zero-order valence-corrected chi connectivity index (χ0v) is 18.1. The van der Waals surface area contributed by atoms with E-state index in [1.165, 1.54) is 24.5 Å². The normalized spacial score (nSPS) is 12.2. The largest absolute Gasteiger partial charge is 0.444 e. The van der Waals surface area contributed by atoms with Gasteiger partial charge < -0.3 is 15.8 Å². The van der Waals surface area contributed by atoms with E-state index < -0.39 is 23.6 Å². The van der Waals surface area contributed by atoms with Gasteiger partial charge in [0.25, 0.3) is 0 Å². The lowest BCUT2D eigenvalue weighted by molar-refractivity contribution is 0.0523. The molecule has 8 heteroatoms. The Morgan fingerprint density at radius 2 is 1.78 bits per heavy atom. The van der Waals surface area contributed by atoms with E-state index in [0.29, 0.717) is 17.0 Å². The molecule has 1 atom stereocenters. The number of nitrogens with two attached hydrogens (primary N) is 1. The molecule has 1 heterocycles. The Balaban J connectivity index is 1.68.